The summed E-state index contributed by atoms with van der Waals surface area (Å²) in [5.41, 5.74) is 3.90. The number of Topliss-reactive ketones (excluding diaryl/α,β-unsaturated/α-hetero) is 1. The number of benzene rings is 1. The number of hydrogen-bond acceptors (Lipinski definition) is 8. The van der Waals surface area contributed by atoms with Crippen molar-refractivity contribution in [2.75, 3.05) is 5.32 Å². The molecule has 0 spiro atoms. The molecular weight excluding hydrogens is 418 g/mol. The standard InChI is InChI=1S/C23H17N9O/c1-14-3-7-21(29-28-14)26-16-4-6-20-19(11-16)25-13-31(20)22-8-5-18(15(2)33)23(27-22)32-10-9-17(12-24)30-32/h3-11,13H,1-2H3,(H,26,29). The summed E-state index contributed by atoms with van der Waals surface area (Å²) in [4.78, 5) is 21.3. The molecule has 0 aliphatic carbocycles. The smallest absolute Gasteiger partial charge is 0.166 e. The minimum absolute atomic E-state index is 0.150. The van der Waals surface area contributed by atoms with E-state index < -0.39 is 0 Å². The van der Waals surface area contributed by atoms with Crippen molar-refractivity contribution in [2.24, 2.45) is 0 Å². The lowest BCUT2D eigenvalue weighted by molar-refractivity contribution is 0.101. The highest BCUT2D eigenvalue weighted by Gasteiger charge is 2.15. The molecule has 0 aliphatic rings. The zero-order valence-corrected chi connectivity index (χ0v) is 17.8. The largest absolute Gasteiger partial charge is 0.339 e. The van der Waals surface area contributed by atoms with Gasteiger partial charge in [0.2, 0.25) is 0 Å². The molecule has 0 aliphatic heterocycles. The molecule has 1 N–H and O–H groups in total. The first kappa shape index (κ1) is 20.0. The summed E-state index contributed by atoms with van der Waals surface area (Å²) in [6, 6.07) is 16.5. The zero-order valence-electron chi connectivity index (χ0n) is 17.8. The molecule has 0 saturated heterocycles. The molecule has 160 valence electrons. The van der Waals surface area contributed by atoms with Crippen LogP contribution in [0.5, 0.6) is 0 Å². The third-order valence-electron chi connectivity index (χ3n) is 5.02. The van der Waals surface area contributed by atoms with E-state index in [1.54, 1.807) is 30.7 Å². The van der Waals surface area contributed by atoms with Gasteiger partial charge in [0.1, 0.15) is 18.2 Å². The summed E-state index contributed by atoms with van der Waals surface area (Å²) < 4.78 is 3.26. The topological polar surface area (TPSA) is 127 Å². The molecule has 10 nitrogen and oxygen atoms in total. The Balaban J connectivity index is 1.53. The number of hydrogen-bond donors (Lipinski definition) is 1. The summed E-state index contributed by atoms with van der Waals surface area (Å²) in [6.07, 6.45) is 3.28. The number of anilines is 2. The summed E-state index contributed by atoms with van der Waals surface area (Å²) in [5.74, 6) is 1.40. The van der Waals surface area contributed by atoms with Crippen LogP contribution in [0.25, 0.3) is 22.7 Å². The molecule has 5 aromatic rings. The lowest BCUT2D eigenvalue weighted by Crippen LogP contribution is -2.09. The van der Waals surface area contributed by atoms with Gasteiger partial charge in [-0.25, -0.2) is 14.6 Å². The number of nitrogens with one attached hydrogen (secondary N) is 1. The lowest BCUT2D eigenvalue weighted by Gasteiger charge is -2.10. The molecule has 0 saturated carbocycles. The molecule has 10 heteroatoms. The van der Waals surface area contributed by atoms with Crippen LogP contribution in [-0.4, -0.2) is 40.3 Å². The number of imidazole rings is 1. The third kappa shape index (κ3) is 3.79. The van der Waals surface area contributed by atoms with E-state index in [1.807, 2.05) is 47.9 Å². The molecule has 0 fully saturated rings. The quantitative estimate of drug-likeness (QED) is 0.415. The van der Waals surface area contributed by atoms with Crippen molar-refractivity contribution < 1.29 is 4.79 Å². The SMILES string of the molecule is CC(=O)c1ccc(-n2cnc3cc(Nc4ccc(C)nn4)ccc32)nc1-n1ccc(C#N)n1. The van der Waals surface area contributed by atoms with E-state index >= 15 is 0 Å². The maximum absolute atomic E-state index is 12.2. The van der Waals surface area contributed by atoms with Crippen molar-refractivity contribution in [3.8, 4) is 17.7 Å². The molecule has 1 aromatic carbocycles. The maximum atomic E-state index is 12.2. The van der Waals surface area contributed by atoms with Gasteiger partial charge in [-0.2, -0.15) is 15.5 Å². The summed E-state index contributed by atoms with van der Waals surface area (Å²) in [7, 11) is 0. The van der Waals surface area contributed by atoms with Crippen LogP contribution < -0.4 is 5.32 Å². The number of aryl methyl sites for hydroxylation is 1. The van der Waals surface area contributed by atoms with Crippen molar-refractivity contribution in [3.05, 3.63) is 78.0 Å². The van der Waals surface area contributed by atoms with Crippen LogP contribution in [0.2, 0.25) is 0 Å². The predicted octanol–water partition coefficient (Wildman–Crippen LogP) is 3.52. The van der Waals surface area contributed by atoms with Gasteiger partial charge >= 0.3 is 0 Å². The van der Waals surface area contributed by atoms with Crippen LogP contribution >= 0.6 is 0 Å². The lowest BCUT2D eigenvalue weighted by atomic mass is 10.2. The average molecular weight is 435 g/mol. The number of ketones is 1. The van der Waals surface area contributed by atoms with E-state index in [0.29, 0.717) is 23.0 Å². The van der Waals surface area contributed by atoms with E-state index in [9.17, 15) is 4.79 Å². The van der Waals surface area contributed by atoms with Gasteiger partial charge < -0.3 is 5.32 Å². The van der Waals surface area contributed by atoms with Crippen LogP contribution in [0.1, 0.15) is 28.7 Å². The van der Waals surface area contributed by atoms with Crippen LogP contribution in [0.4, 0.5) is 11.5 Å². The number of nitrogens with zero attached hydrogens (tertiary/aromatic N) is 8. The van der Waals surface area contributed by atoms with Gasteiger partial charge in [-0.15, -0.1) is 5.10 Å². The zero-order chi connectivity index (χ0) is 22.9. The Bertz CT molecular complexity index is 1540. The first-order valence-corrected chi connectivity index (χ1v) is 10.0. The Labute approximate surface area is 188 Å². The molecule has 4 heterocycles. The molecule has 5 rings (SSSR count). The highest BCUT2D eigenvalue weighted by molar-refractivity contribution is 5.97. The number of aromatic nitrogens is 7. The maximum Gasteiger partial charge on any atom is 0.166 e. The summed E-state index contributed by atoms with van der Waals surface area (Å²) >= 11 is 0. The van der Waals surface area contributed by atoms with Gasteiger partial charge in [-0.1, -0.05) is 0 Å². The van der Waals surface area contributed by atoms with Crippen molar-refractivity contribution in [3.63, 3.8) is 0 Å². The second-order valence-electron chi connectivity index (χ2n) is 7.36. The number of rotatable bonds is 5. The Hall–Kier alpha value is -4.91. The second-order valence-corrected chi connectivity index (χ2v) is 7.36. The number of carbonyl (C=O) groups excluding carboxylic acids is 1. The Morgan fingerprint density at radius 3 is 2.70 bits per heavy atom. The third-order valence-corrected chi connectivity index (χ3v) is 5.02. The number of pyridine rings is 1. The average Bonchev–Trinajstić information content (AvgIpc) is 3.47. The molecule has 0 amide bonds. The first-order valence-electron chi connectivity index (χ1n) is 10.0. The summed E-state index contributed by atoms with van der Waals surface area (Å²) in [6.45, 7) is 3.35. The molecule has 0 radical (unpaired) electrons. The second kappa shape index (κ2) is 7.97. The Morgan fingerprint density at radius 2 is 1.97 bits per heavy atom. The minimum Gasteiger partial charge on any atom is -0.339 e. The number of nitriles is 1. The van der Waals surface area contributed by atoms with E-state index in [4.69, 9.17) is 5.26 Å². The molecule has 0 unspecified atom stereocenters. The van der Waals surface area contributed by atoms with Crippen molar-refractivity contribution in [2.45, 2.75) is 13.8 Å². The van der Waals surface area contributed by atoms with Crippen LogP contribution in [0.15, 0.2) is 61.1 Å². The monoisotopic (exact) mass is 435 g/mol. The molecule has 33 heavy (non-hydrogen) atoms. The fourth-order valence-electron chi connectivity index (χ4n) is 3.41. The Morgan fingerprint density at radius 1 is 1.09 bits per heavy atom. The van der Waals surface area contributed by atoms with E-state index in [1.165, 1.54) is 11.6 Å². The first-order chi connectivity index (χ1) is 16.0. The number of carbonyl (C=O) groups is 1. The van der Waals surface area contributed by atoms with Gasteiger partial charge in [0.05, 0.1) is 22.3 Å². The normalized spacial score (nSPS) is 10.8. The van der Waals surface area contributed by atoms with E-state index in [-0.39, 0.29) is 11.5 Å². The van der Waals surface area contributed by atoms with Gasteiger partial charge in [0.25, 0.3) is 0 Å². The van der Waals surface area contributed by atoms with Crippen LogP contribution in [0.3, 0.4) is 0 Å². The predicted molar refractivity (Wildman–Crippen MR) is 121 cm³/mol. The van der Waals surface area contributed by atoms with Gasteiger partial charge in [0, 0.05) is 11.9 Å². The van der Waals surface area contributed by atoms with Gasteiger partial charge in [-0.05, 0) is 62.4 Å². The molecular formula is C23H17N9O. The molecule has 0 atom stereocenters. The van der Waals surface area contributed by atoms with Crippen LogP contribution in [-0.2, 0) is 0 Å². The van der Waals surface area contributed by atoms with E-state index in [2.05, 4.69) is 30.6 Å². The van der Waals surface area contributed by atoms with Gasteiger partial charge in [-0.3, -0.25) is 9.36 Å². The number of fused-ring (bicyclic) bond motifs is 1. The van der Waals surface area contributed by atoms with Gasteiger partial charge in [0.15, 0.2) is 23.1 Å². The fourth-order valence-corrected chi connectivity index (χ4v) is 3.41. The van der Waals surface area contributed by atoms with E-state index in [0.717, 1.165) is 22.4 Å². The highest BCUT2D eigenvalue weighted by atomic mass is 16.1. The fraction of sp³-hybridized carbons (Fsp3) is 0.0870. The highest BCUT2D eigenvalue weighted by Crippen LogP contribution is 2.24. The molecule has 4 aromatic heterocycles. The van der Waals surface area contributed by atoms with Crippen LogP contribution in [0, 0.1) is 18.3 Å². The Kier molecular flexibility index (Phi) is 4.84. The van der Waals surface area contributed by atoms with Crippen molar-refractivity contribution >= 4 is 28.3 Å². The van der Waals surface area contributed by atoms with Crippen molar-refractivity contribution in [1.29, 1.82) is 5.26 Å². The molecule has 0 bridgehead atoms. The minimum atomic E-state index is -0.150. The van der Waals surface area contributed by atoms with Crippen molar-refractivity contribution in [1.82, 2.24) is 34.5 Å². The summed E-state index contributed by atoms with van der Waals surface area (Å²) in [5, 5.41) is 24.7.